The van der Waals surface area contributed by atoms with Crippen molar-refractivity contribution in [3.63, 3.8) is 0 Å². The number of para-hydroxylation sites is 1. The maximum absolute atomic E-state index is 12.0. The summed E-state index contributed by atoms with van der Waals surface area (Å²) in [5.41, 5.74) is 4.42. The van der Waals surface area contributed by atoms with Gasteiger partial charge in [0.05, 0.1) is 16.8 Å². The summed E-state index contributed by atoms with van der Waals surface area (Å²) >= 11 is 0. The third-order valence-electron chi connectivity index (χ3n) is 3.52. The van der Waals surface area contributed by atoms with Gasteiger partial charge in [0.1, 0.15) is 0 Å². The Morgan fingerprint density at radius 2 is 1.76 bits per heavy atom. The number of rotatable bonds is 5. The van der Waals surface area contributed by atoms with Gasteiger partial charge in [-0.2, -0.15) is 5.10 Å². The molecule has 0 fully saturated rings. The average Bonchev–Trinajstić information content (AvgIpc) is 3.11. The molecule has 0 spiro atoms. The minimum atomic E-state index is -0.516. The van der Waals surface area contributed by atoms with E-state index in [0.717, 1.165) is 11.4 Å². The van der Waals surface area contributed by atoms with Crippen molar-refractivity contribution in [2.45, 2.75) is 0 Å². The van der Waals surface area contributed by atoms with E-state index in [2.05, 4.69) is 10.5 Å². The van der Waals surface area contributed by atoms with Gasteiger partial charge >= 0.3 is 0 Å². The molecule has 7 nitrogen and oxygen atoms in total. The molecule has 0 aliphatic rings. The molecule has 0 aliphatic carbocycles. The molecule has 25 heavy (non-hydrogen) atoms. The number of non-ortho nitro benzene ring substituents is 1. The van der Waals surface area contributed by atoms with Crippen LogP contribution >= 0.6 is 0 Å². The number of nitrogens with one attached hydrogen (secondary N) is 1. The zero-order valence-electron chi connectivity index (χ0n) is 13.1. The van der Waals surface area contributed by atoms with Crippen molar-refractivity contribution in [2.75, 3.05) is 0 Å². The van der Waals surface area contributed by atoms with Gasteiger partial charge in [0.2, 0.25) is 0 Å². The second-order valence-corrected chi connectivity index (χ2v) is 5.14. The molecule has 3 rings (SSSR count). The topological polar surface area (TPSA) is 89.5 Å². The Bertz CT molecular complexity index is 915. The minimum absolute atomic E-state index is 0.0688. The average molecular weight is 334 g/mol. The summed E-state index contributed by atoms with van der Waals surface area (Å²) in [6, 6.07) is 18.8. The number of carbonyl (C=O) groups is 1. The molecule has 2 aromatic carbocycles. The second kappa shape index (κ2) is 7.22. The fourth-order valence-corrected chi connectivity index (χ4v) is 2.28. The van der Waals surface area contributed by atoms with Crippen LogP contribution in [-0.4, -0.2) is 21.6 Å². The molecule has 0 atom stereocenters. The maximum atomic E-state index is 12.0. The Hall–Kier alpha value is -3.74. The van der Waals surface area contributed by atoms with Crippen molar-refractivity contribution in [1.29, 1.82) is 0 Å². The molecule has 1 heterocycles. The molecule has 7 heteroatoms. The molecule has 0 bridgehead atoms. The van der Waals surface area contributed by atoms with Crippen molar-refractivity contribution in [3.05, 3.63) is 94.3 Å². The van der Waals surface area contributed by atoms with Gasteiger partial charge in [-0.25, -0.2) is 5.43 Å². The highest BCUT2D eigenvalue weighted by Crippen LogP contribution is 2.12. The lowest BCUT2D eigenvalue weighted by Gasteiger charge is -2.05. The van der Waals surface area contributed by atoms with Crippen molar-refractivity contribution >= 4 is 17.8 Å². The molecule has 3 aromatic rings. The summed E-state index contributed by atoms with van der Waals surface area (Å²) in [7, 11) is 0. The van der Waals surface area contributed by atoms with E-state index in [1.807, 2.05) is 53.2 Å². The zero-order valence-corrected chi connectivity index (χ0v) is 13.1. The summed E-state index contributed by atoms with van der Waals surface area (Å²) in [5, 5.41) is 14.6. The van der Waals surface area contributed by atoms with Gasteiger partial charge in [0, 0.05) is 29.6 Å². The van der Waals surface area contributed by atoms with Gasteiger partial charge in [0.25, 0.3) is 11.6 Å². The maximum Gasteiger partial charge on any atom is 0.271 e. The highest BCUT2D eigenvalue weighted by molar-refractivity contribution is 5.95. The zero-order chi connectivity index (χ0) is 17.6. The third kappa shape index (κ3) is 3.78. The number of hydrogen-bond donors (Lipinski definition) is 1. The quantitative estimate of drug-likeness (QED) is 0.441. The number of nitrogens with zero attached hydrogens (tertiary/aromatic N) is 3. The number of hydrogen-bond acceptors (Lipinski definition) is 4. The Morgan fingerprint density at radius 1 is 1.04 bits per heavy atom. The summed E-state index contributed by atoms with van der Waals surface area (Å²) in [4.78, 5) is 22.1. The van der Waals surface area contributed by atoms with E-state index >= 15 is 0 Å². The van der Waals surface area contributed by atoms with Gasteiger partial charge < -0.3 is 4.57 Å². The van der Waals surface area contributed by atoms with Crippen LogP contribution in [0.15, 0.2) is 78.0 Å². The number of hydrazone groups is 1. The molecule has 1 N–H and O–H groups in total. The van der Waals surface area contributed by atoms with Crippen LogP contribution in [-0.2, 0) is 0 Å². The summed E-state index contributed by atoms with van der Waals surface area (Å²) in [6.45, 7) is 0. The third-order valence-corrected chi connectivity index (χ3v) is 3.52. The van der Waals surface area contributed by atoms with Crippen LogP contribution in [0.3, 0.4) is 0 Å². The van der Waals surface area contributed by atoms with E-state index in [-0.39, 0.29) is 5.69 Å². The van der Waals surface area contributed by atoms with Gasteiger partial charge in [0.15, 0.2) is 0 Å². The summed E-state index contributed by atoms with van der Waals surface area (Å²) in [6.07, 6.45) is 3.44. The van der Waals surface area contributed by atoms with E-state index in [1.54, 1.807) is 0 Å². The predicted molar refractivity (Wildman–Crippen MR) is 93.9 cm³/mol. The lowest BCUT2D eigenvalue weighted by molar-refractivity contribution is -0.384. The van der Waals surface area contributed by atoms with Crippen molar-refractivity contribution in [2.24, 2.45) is 5.10 Å². The first kappa shape index (κ1) is 16.1. The highest BCUT2D eigenvalue weighted by atomic mass is 16.6. The Morgan fingerprint density at radius 3 is 2.44 bits per heavy atom. The van der Waals surface area contributed by atoms with Crippen LogP contribution < -0.4 is 5.43 Å². The van der Waals surface area contributed by atoms with Crippen LogP contribution in [0.1, 0.15) is 16.1 Å². The van der Waals surface area contributed by atoms with Crippen molar-refractivity contribution in [1.82, 2.24) is 9.99 Å². The smallest absolute Gasteiger partial charge is 0.271 e. The Kier molecular flexibility index (Phi) is 4.66. The second-order valence-electron chi connectivity index (χ2n) is 5.14. The standard InChI is InChI=1S/C18H14N4O3/c23-18(14-8-10-16(11-9-14)22(24)25)20-19-13-17-7-4-12-21(17)15-5-2-1-3-6-15/h1-13H,(H,20,23)/b19-13+. The molecule has 124 valence electrons. The SMILES string of the molecule is O=C(N/N=C/c1cccn1-c1ccccc1)c1ccc([N+](=O)[O-])cc1. The van der Waals surface area contributed by atoms with Crippen LogP contribution in [0.25, 0.3) is 5.69 Å². The monoisotopic (exact) mass is 334 g/mol. The molecular formula is C18H14N4O3. The van der Waals surface area contributed by atoms with Gasteiger partial charge in [-0.05, 0) is 36.4 Å². The summed E-state index contributed by atoms with van der Waals surface area (Å²) < 4.78 is 1.93. The first-order valence-corrected chi connectivity index (χ1v) is 7.46. The van der Waals surface area contributed by atoms with E-state index in [9.17, 15) is 14.9 Å². The van der Waals surface area contributed by atoms with E-state index in [4.69, 9.17) is 0 Å². The van der Waals surface area contributed by atoms with Crippen LogP contribution in [0.4, 0.5) is 5.69 Å². The number of nitro groups is 1. The number of aromatic nitrogens is 1. The van der Waals surface area contributed by atoms with Crippen LogP contribution in [0.2, 0.25) is 0 Å². The number of carbonyl (C=O) groups excluding carboxylic acids is 1. The normalized spacial score (nSPS) is 10.7. The van der Waals surface area contributed by atoms with E-state index < -0.39 is 10.8 Å². The minimum Gasteiger partial charge on any atom is -0.316 e. The molecule has 0 saturated heterocycles. The predicted octanol–water partition coefficient (Wildman–Crippen LogP) is 3.15. The molecular weight excluding hydrogens is 320 g/mol. The molecule has 1 amide bonds. The fourth-order valence-electron chi connectivity index (χ4n) is 2.28. The molecule has 0 saturated carbocycles. The van der Waals surface area contributed by atoms with E-state index in [1.165, 1.54) is 30.5 Å². The number of nitro benzene ring substituents is 1. The van der Waals surface area contributed by atoms with Crippen LogP contribution in [0.5, 0.6) is 0 Å². The van der Waals surface area contributed by atoms with Crippen LogP contribution in [0, 0.1) is 10.1 Å². The fraction of sp³-hybridized carbons (Fsp3) is 0. The van der Waals surface area contributed by atoms with Crippen molar-refractivity contribution < 1.29 is 9.72 Å². The van der Waals surface area contributed by atoms with Gasteiger partial charge in [-0.3, -0.25) is 14.9 Å². The molecule has 0 radical (unpaired) electrons. The Balaban J connectivity index is 1.69. The van der Waals surface area contributed by atoms with E-state index in [0.29, 0.717) is 5.56 Å². The molecule has 0 unspecified atom stereocenters. The molecule has 1 aromatic heterocycles. The van der Waals surface area contributed by atoms with Gasteiger partial charge in [-0.15, -0.1) is 0 Å². The van der Waals surface area contributed by atoms with Gasteiger partial charge in [-0.1, -0.05) is 18.2 Å². The Labute approximate surface area is 143 Å². The largest absolute Gasteiger partial charge is 0.316 e. The number of amides is 1. The lowest BCUT2D eigenvalue weighted by Crippen LogP contribution is -2.17. The summed E-state index contributed by atoms with van der Waals surface area (Å²) in [5.74, 6) is -0.441. The lowest BCUT2D eigenvalue weighted by atomic mass is 10.2. The highest BCUT2D eigenvalue weighted by Gasteiger charge is 2.08. The molecule has 0 aliphatic heterocycles. The first-order valence-electron chi connectivity index (χ1n) is 7.46. The van der Waals surface area contributed by atoms with Crippen molar-refractivity contribution in [3.8, 4) is 5.69 Å². The first-order chi connectivity index (χ1) is 12.1. The number of benzene rings is 2.